The molecule has 2 N–H and O–H groups in total. The second-order valence-electron chi connectivity index (χ2n) is 4.70. The van der Waals surface area contributed by atoms with E-state index in [1.165, 1.54) is 4.57 Å². The quantitative estimate of drug-likeness (QED) is 0.932. The number of nitrogens with two attached hydrogens (primary N) is 1. The molecule has 1 unspecified atom stereocenters. The molecule has 0 bridgehead atoms. The summed E-state index contributed by atoms with van der Waals surface area (Å²) < 4.78 is 28.1. The molecule has 2 rings (SSSR count). The maximum atomic E-state index is 13.6. The van der Waals surface area contributed by atoms with E-state index in [-0.39, 0.29) is 12.1 Å². The van der Waals surface area contributed by atoms with E-state index in [1.807, 2.05) is 0 Å². The number of benzene rings is 1. The summed E-state index contributed by atoms with van der Waals surface area (Å²) in [6.07, 6.45) is 0. The van der Waals surface area contributed by atoms with Crippen LogP contribution in [-0.2, 0) is 6.54 Å². The Labute approximate surface area is 114 Å². The Kier molecular flexibility index (Phi) is 3.94. The van der Waals surface area contributed by atoms with Crippen LogP contribution in [0.15, 0.2) is 29.1 Å². The fraction of sp³-hybridized carbons (Fsp3) is 0.286. The van der Waals surface area contributed by atoms with Crippen molar-refractivity contribution in [2.24, 2.45) is 5.73 Å². The van der Waals surface area contributed by atoms with Crippen LogP contribution >= 0.6 is 0 Å². The molecule has 4 nitrogen and oxygen atoms in total. The van der Waals surface area contributed by atoms with Gasteiger partial charge in [0.2, 0.25) is 0 Å². The summed E-state index contributed by atoms with van der Waals surface area (Å²) in [5, 5.41) is 0. The van der Waals surface area contributed by atoms with Gasteiger partial charge in [0.25, 0.3) is 0 Å². The first kappa shape index (κ1) is 14.3. The first-order valence-electron chi connectivity index (χ1n) is 6.14. The third-order valence-corrected chi connectivity index (χ3v) is 3.08. The van der Waals surface area contributed by atoms with E-state index in [2.05, 4.69) is 4.98 Å². The zero-order chi connectivity index (χ0) is 14.9. The van der Waals surface area contributed by atoms with E-state index < -0.39 is 23.4 Å². The van der Waals surface area contributed by atoms with Crippen molar-refractivity contribution in [2.45, 2.75) is 26.4 Å². The van der Waals surface area contributed by atoms with E-state index in [0.717, 1.165) is 18.2 Å². The molecular weight excluding hydrogens is 264 g/mol. The van der Waals surface area contributed by atoms with Crippen molar-refractivity contribution in [3.8, 4) is 0 Å². The molecule has 2 aromatic rings. The van der Waals surface area contributed by atoms with Crippen LogP contribution in [-0.4, -0.2) is 9.55 Å². The molecule has 0 aliphatic rings. The molecule has 0 spiro atoms. The van der Waals surface area contributed by atoms with E-state index in [4.69, 9.17) is 5.73 Å². The maximum Gasteiger partial charge on any atom is 0.348 e. The van der Waals surface area contributed by atoms with Crippen molar-refractivity contribution in [3.63, 3.8) is 0 Å². The van der Waals surface area contributed by atoms with Gasteiger partial charge in [0.15, 0.2) is 0 Å². The van der Waals surface area contributed by atoms with Gasteiger partial charge < -0.3 is 5.73 Å². The summed E-state index contributed by atoms with van der Waals surface area (Å²) in [7, 11) is 0. The molecular formula is C14H15F2N3O. The van der Waals surface area contributed by atoms with E-state index in [1.54, 1.807) is 19.9 Å². The van der Waals surface area contributed by atoms with E-state index in [0.29, 0.717) is 11.4 Å². The van der Waals surface area contributed by atoms with Gasteiger partial charge in [-0.3, -0.25) is 4.57 Å². The molecule has 0 aliphatic carbocycles. The van der Waals surface area contributed by atoms with Crippen LogP contribution in [0.5, 0.6) is 0 Å². The van der Waals surface area contributed by atoms with Crippen molar-refractivity contribution in [1.82, 2.24) is 9.55 Å². The van der Waals surface area contributed by atoms with Crippen molar-refractivity contribution < 1.29 is 8.78 Å². The van der Waals surface area contributed by atoms with Crippen LogP contribution in [0.2, 0.25) is 0 Å². The van der Waals surface area contributed by atoms with Crippen LogP contribution in [0.3, 0.4) is 0 Å². The molecule has 1 aromatic heterocycles. The molecule has 1 heterocycles. The van der Waals surface area contributed by atoms with Crippen LogP contribution in [0.1, 0.15) is 23.0 Å². The monoisotopic (exact) mass is 279 g/mol. The minimum atomic E-state index is -0.827. The third-order valence-electron chi connectivity index (χ3n) is 3.08. The fourth-order valence-electron chi connectivity index (χ4n) is 2.09. The summed E-state index contributed by atoms with van der Waals surface area (Å²) in [5.74, 6) is -1.16. The van der Waals surface area contributed by atoms with Gasteiger partial charge in [0.05, 0.1) is 6.04 Å². The third kappa shape index (κ3) is 2.91. The second kappa shape index (κ2) is 5.50. The summed E-state index contributed by atoms with van der Waals surface area (Å²) in [6, 6.07) is 3.99. The number of aromatic nitrogens is 2. The number of aryl methyl sites for hydroxylation is 2. The number of hydrogen-bond acceptors (Lipinski definition) is 3. The molecule has 6 heteroatoms. The zero-order valence-electron chi connectivity index (χ0n) is 11.2. The van der Waals surface area contributed by atoms with Crippen LogP contribution in [0.4, 0.5) is 8.78 Å². The summed E-state index contributed by atoms with van der Waals surface area (Å²) in [5.41, 5.74) is 6.75. The molecule has 0 amide bonds. The Hall–Kier alpha value is -2.08. The van der Waals surface area contributed by atoms with Crippen molar-refractivity contribution >= 4 is 0 Å². The van der Waals surface area contributed by atoms with Crippen LogP contribution in [0, 0.1) is 25.5 Å². The van der Waals surface area contributed by atoms with Crippen molar-refractivity contribution in [2.75, 3.05) is 0 Å². The number of rotatable bonds is 3. The highest BCUT2D eigenvalue weighted by Gasteiger charge is 2.15. The Bertz CT molecular complexity index is 697. The van der Waals surface area contributed by atoms with Crippen LogP contribution < -0.4 is 11.4 Å². The lowest BCUT2D eigenvalue weighted by atomic mass is 10.1. The van der Waals surface area contributed by atoms with Gasteiger partial charge in [-0.2, -0.15) is 4.98 Å². The topological polar surface area (TPSA) is 60.9 Å². The van der Waals surface area contributed by atoms with E-state index >= 15 is 0 Å². The molecule has 0 radical (unpaired) electrons. The number of hydrogen-bond donors (Lipinski definition) is 1. The Balaban J connectivity index is 2.35. The van der Waals surface area contributed by atoms with Crippen molar-refractivity contribution in [1.29, 1.82) is 0 Å². The lowest BCUT2D eigenvalue weighted by molar-refractivity contribution is 0.503. The maximum absolute atomic E-state index is 13.6. The Morgan fingerprint density at radius 2 is 2.00 bits per heavy atom. The summed E-state index contributed by atoms with van der Waals surface area (Å²) in [6.45, 7) is 3.49. The average Bonchev–Trinajstić information content (AvgIpc) is 2.36. The molecule has 0 saturated carbocycles. The standard InChI is InChI=1S/C14H15F2N3O/c1-8-5-9(2)19(14(20)18-8)7-13(17)11-6-10(15)3-4-12(11)16/h3-6,13H,7,17H2,1-2H3. The molecule has 0 aliphatic heterocycles. The van der Waals surface area contributed by atoms with Crippen LogP contribution in [0.25, 0.3) is 0 Å². The number of nitrogens with zero attached hydrogens (tertiary/aromatic N) is 2. The molecule has 20 heavy (non-hydrogen) atoms. The summed E-state index contributed by atoms with van der Waals surface area (Å²) in [4.78, 5) is 15.6. The van der Waals surface area contributed by atoms with Gasteiger partial charge >= 0.3 is 5.69 Å². The smallest absolute Gasteiger partial charge is 0.322 e. The predicted octanol–water partition coefficient (Wildman–Crippen LogP) is 1.84. The minimum Gasteiger partial charge on any atom is -0.322 e. The van der Waals surface area contributed by atoms with Gasteiger partial charge in [-0.25, -0.2) is 13.6 Å². The molecule has 1 atom stereocenters. The molecule has 0 saturated heterocycles. The highest BCUT2D eigenvalue weighted by molar-refractivity contribution is 5.22. The van der Waals surface area contributed by atoms with Gasteiger partial charge in [-0.15, -0.1) is 0 Å². The average molecular weight is 279 g/mol. The molecule has 1 aromatic carbocycles. The highest BCUT2D eigenvalue weighted by Crippen LogP contribution is 2.18. The predicted molar refractivity (Wildman–Crippen MR) is 71.3 cm³/mol. The first-order chi connectivity index (χ1) is 9.38. The zero-order valence-corrected chi connectivity index (χ0v) is 11.2. The van der Waals surface area contributed by atoms with Gasteiger partial charge in [0.1, 0.15) is 11.6 Å². The lowest BCUT2D eigenvalue weighted by Gasteiger charge is -2.16. The normalized spacial score (nSPS) is 12.4. The van der Waals surface area contributed by atoms with E-state index in [9.17, 15) is 13.6 Å². The second-order valence-corrected chi connectivity index (χ2v) is 4.70. The summed E-state index contributed by atoms with van der Waals surface area (Å²) >= 11 is 0. The molecule has 106 valence electrons. The largest absolute Gasteiger partial charge is 0.348 e. The first-order valence-corrected chi connectivity index (χ1v) is 6.14. The Morgan fingerprint density at radius 3 is 2.65 bits per heavy atom. The van der Waals surface area contributed by atoms with Gasteiger partial charge in [-0.1, -0.05) is 0 Å². The van der Waals surface area contributed by atoms with Gasteiger partial charge in [0, 0.05) is 23.5 Å². The van der Waals surface area contributed by atoms with Crippen molar-refractivity contribution in [3.05, 3.63) is 63.3 Å². The number of halogens is 2. The van der Waals surface area contributed by atoms with Gasteiger partial charge in [-0.05, 0) is 38.1 Å². The fourth-order valence-corrected chi connectivity index (χ4v) is 2.09. The lowest BCUT2D eigenvalue weighted by Crippen LogP contribution is -2.31. The highest BCUT2D eigenvalue weighted by atomic mass is 19.1. The minimum absolute atomic E-state index is 0.0388. The Morgan fingerprint density at radius 1 is 1.30 bits per heavy atom. The molecule has 0 fully saturated rings. The SMILES string of the molecule is Cc1cc(C)n(CC(N)c2cc(F)ccc2F)c(=O)n1.